The third-order valence-corrected chi connectivity index (χ3v) is 4.78. The van der Waals surface area contributed by atoms with Gasteiger partial charge in [-0.3, -0.25) is 0 Å². The third kappa shape index (κ3) is 4.48. The fourth-order valence-corrected chi connectivity index (χ4v) is 3.41. The number of rotatable bonds is 4. The topological polar surface area (TPSA) is 67.9 Å². The minimum atomic E-state index is -0.493. The smallest absolute Gasteiger partial charge is 0.339 e. The van der Waals surface area contributed by atoms with Crippen molar-refractivity contribution < 1.29 is 19.1 Å². The first kappa shape index (κ1) is 19.2. The number of likely N-dealkylation sites (tertiary alicyclic amines) is 1. The normalized spacial score (nSPS) is 16.9. The van der Waals surface area contributed by atoms with Crippen LogP contribution in [0.15, 0.2) is 18.2 Å². The lowest BCUT2D eigenvalue weighted by Crippen LogP contribution is -2.45. The van der Waals surface area contributed by atoms with Crippen LogP contribution in [0, 0.1) is 0 Å². The Morgan fingerprint density at radius 1 is 1.24 bits per heavy atom. The summed E-state index contributed by atoms with van der Waals surface area (Å²) in [7, 11) is 2.63. The van der Waals surface area contributed by atoms with Gasteiger partial charge >= 0.3 is 11.9 Å². The fraction of sp³-hybridized carbons (Fsp3) is 0.500. The van der Waals surface area contributed by atoms with Gasteiger partial charge in [-0.1, -0.05) is 6.92 Å². The van der Waals surface area contributed by atoms with Crippen LogP contribution >= 0.6 is 12.2 Å². The van der Waals surface area contributed by atoms with Crippen molar-refractivity contribution >= 4 is 35.0 Å². The Balaban J connectivity index is 2.30. The second-order valence-corrected chi connectivity index (χ2v) is 6.31. The number of thiocarbonyl (C=S) groups is 1. The number of nitrogens with zero attached hydrogens (tertiary/aromatic N) is 1. The monoisotopic (exact) mass is 364 g/mol. The molecule has 1 aromatic rings. The summed E-state index contributed by atoms with van der Waals surface area (Å²) in [6.07, 6.45) is 4.39. The maximum Gasteiger partial charge on any atom is 0.339 e. The van der Waals surface area contributed by atoms with Gasteiger partial charge in [0, 0.05) is 12.6 Å². The molecule has 1 fully saturated rings. The number of piperidine rings is 1. The number of nitrogens with one attached hydrogen (secondary N) is 1. The van der Waals surface area contributed by atoms with E-state index in [0.717, 1.165) is 25.8 Å². The lowest BCUT2D eigenvalue weighted by atomic mass is 10.0. The molecule has 0 aromatic heterocycles. The molecule has 0 amide bonds. The number of benzene rings is 1. The second kappa shape index (κ2) is 8.80. The van der Waals surface area contributed by atoms with Crippen molar-refractivity contribution in [2.45, 2.75) is 38.6 Å². The van der Waals surface area contributed by atoms with E-state index in [2.05, 4.69) is 17.1 Å². The van der Waals surface area contributed by atoms with Crippen LogP contribution in [0.4, 0.5) is 5.69 Å². The van der Waals surface area contributed by atoms with Crippen molar-refractivity contribution in [2.24, 2.45) is 0 Å². The molecule has 0 aliphatic carbocycles. The number of carbonyl (C=O) groups is 2. The summed E-state index contributed by atoms with van der Waals surface area (Å²) in [6.45, 7) is 3.03. The Morgan fingerprint density at radius 2 is 1.96 bits per heavy atom. The molecule has 2 rings (SSSR count). The molecule has 136 valence electrons. The van der Waals surface area contributed by atoms with Crippen molar-refractivity contribution in [3.63, 3.8) is 0 Å². The SMILES string of the molecule is CCC1CCCCN1C(=S)Nc1cc(C(=O)OC)ccc1C(=O)OC. The van der Waals surface area contributed by atoms with Crippen LogP contribution < -0.4 is 5.32 Å². The van der Waals surface area contributed by atoms with Crippen LogP contribution in [0.1, 0.15) is 53.3 Å². The fourth-order valence-electron chi connectivity index (χ4n) is 3.06. The summed E-state index contributed by atoms with van der Waals surface area (Å²) >= 11 is 5.57. The first-order chi connectivity index (χ1) is 12.0. The molecule has 1 aliphatic rings. The number of carbonyl (C=O) groups excluding carboxylic acids is 2. The second-order valence-electron chi connectivity index (χ2n) is 5.92. The average Bonchev–Trinajstić information content (AvgIpc) is 2.66. The van der Waals surface area contributed by atoms with E-state index in [0.29, 0.717) is 28.0 Å². The number of anilines is 1. The number of hydrogen-bond acceptors (Lipinski definition) is 5. The van der Waals surface area contributed by atoms with E-state index >= 15 is 0 Å². The minimum absolute atomic E-state index is 0.322. The summed E-state index contributed by atoms with van der Waals surface area (Å²) in [5, 5.41) is 3.68. The summed E-state index contributed by atoms with van der Waals surface area (Å²) in [6, 6.07) is 5.02. The van der Waals surface area contributed by atoms with E-state index in [4.69, 9.17) is 21.7 Å². The Labute approximate surface area is 153 Å². The van der Waals surface area contributed by atoms with Gasteiger partial charge in [-0.25, -0.2) is 9.59 Å². The predicted molar refractivity (Wildman–Crippen MR) is 100.0 cm³/mol. The van der Waals surface area contributed by atoms with Crippen molar-refractivity contribution in [1.29, 1.82) is 0 Å². The van der Waals surface area contributed by atoms with Gasteiger partial charge in [-0.05, 0) is 56.1 Å². The van der Waals surface area contributed by atoms with Crippen molar-refractivity contribution in [3.05, 3.63) is 29.3 Å². The minimum Gasteiger partial charge on any atom is -0.465 e. The highest BCUT2D eigenvalue weighted by Crippen LogP contribution is 2.24. The van der Waals surface area contributed by atoms with E-state index in [1.807, 2.05) is 0 Å². The highest BCUT2D eigenvalue weighted by atomic mass is 32.1. The lowest BCUT2D eigenvalue weighted by molar-refractivity contribution is 0.0587. The van der Waals surface area contributed by atoms with Gasteiger partial charge in [-0.15, -0.1) is 0 Å². The zero-order valence-corrected chi connectivity index (χ0v) is 15.6. The Morgan fingerprint density at radius 3 is 2.60 bits per heavy atom. The number of hydrogen-bond donors (Lipinski definition) is 1. The zero-order valence-electron chi connectivity index (χ0n) is 14.8. The maximum atomic E-state index is 12.0. The largest absolute Gasteiger partial charge is 0.465 e. The molecular formula is C18H24N2O4S. The molecular weight excluding hydrogens is 340 g/mol. The molecule has 1 N–H and O–H groups in total. The number of esters is 2. The van der Waals surface area contributed by atoms with Crippen LogP contribution in [-0.4, -0.2) is 48.8 Å². The maximum absolute atomic E-state index is 12.0. The van der Waals surface area contributed by atoms with Crippen LogP contribution in [0.5, 0.6) is 0 Å². The zero-order chi connectivity index (χ0) is 18.4. The molecule has 1 heterocycles. The summed E-state index contributed by atoms with van der Waals surface area (Å²) < 4.78 is 9.57. The summed E-state index contributed by atoms with van der Waals surface area (Å²) in [4.78, 5) is 26.0. The molecule has 25 heavy (non-hydrogen) atoms. The van der Waals surface area contributed by atoms with Gasteiger partial charge in [0.25, 0.3) is 0 Å². The molecule has 7 heteroatoms. The Hall–Kier alpha value is -2.15. The molecule has 6 nitrogen and oxygen atoms in total. The lowest BCUT2D eigenvalue weighted by Gasteiger charge is -2.37. The molecule has 1 aliphatic heterocycles. The van der Waals surface area contributed by atoms with Gasteiger partial charge in [0.05, 0.1) is 31.0 Å². The van der Waals surface area contributed by atoms with Gasteiger partial charge in [-0.2, -0.15) is 0 Å². The highest BCUT2D eigenvalue weighted by Gasteiger charge is 2.24. The molecule has 0 bridgehead atoms. The molecule has 0 spiro atoms. The quantitative estimate of drug-likeness (QED) is 0.650. The van der Waals surface area contributed by atoms with E-state index in [9.17, 15) is 9.59 Å². The van der Waals surface area contributed by atoms with E-state index < -0.39 is 11.9 Å². The molecule has 0 radical (unpaired) electrons. The van der Waals surface area contributed by atoms with E-state index in [1.165, 1.54) is 32.8 Å². The van der Waals surface area contributed by atoms with Crippen molar-refractivity contribution in [3.8, 4) is 0 Å². The molecule has 1 unspecified atom stereocenters. The van der Waals surface area contributed by atoms with E-state index in [1.54, 1.807) is 6.07 Å². The highest BCUT2D eigenvalue weighted by molar-refractivity contribution is 7.80. The molecule has 0 saturated carbocycles. The first-order valence-electron chi connectivity index (χ1n) is 8.40. The Bertz CT molecular complexity index is 662. The first-order valence-corrected chi connectivity index (χ1v) is 8.81. The molecule has 1 aromatic carbocycles. The van der Waals surface area contributed by atoms with Crippen LogP contribution in [0.2, 0.25) is 0 Å². The number of ether oxygens (including phenoxy) is 2. The van der Waals surface area contributed by atoms with Crippen LogP contribution in [0.25, 0.3) is 0 Å². The average molecular weight is 364 g/mol. The standard InChI is InChI=1S/C18H24N2O4S/c1-4-13-7-5-6-10-20(13)18(25)19-15-11-12(16(21)23-2)8-9-14(15)17(22)24-3/h8-9,11,13H,4-7,10H2,1-3H3,(H,19,25). The van der Waals surface area contributed by atoms with E-state index in [-0.39, 0.29) is 0 Å². The van der Waals surface area contributed by atoms with Crippen molar-refractivity contribution in [1.82, 2.24) is 4.90 Å². The Kier molecular flexibility index (Phi) is 6.75. The van der Waals surface area contributed by atoms with Crippen LogP contribution in [-0.2, 0) is 9.47 Å². The van der Waals surface area contributed by atoms with Gasteiger partial charge in [0.15, 0.2) is 5.11 Å². The van der Waals surface area contributed by atoms with Gasteiger partial charge < -0.3 is 19.7 Å². The van der Waals surface area contributed by atoms with Crippen molar-refractivity contribution in [2.75, 3.05) is 26.1 Å². The van der Waals surface area contributed by atoms with Gasteiger partial charge in [0.2, 0.25) is 0 Å². The molecule has 1 saturated heterocycles. The number of methoxy groups -OCH3 is 2. The predicted octanol–water partition coefficient (Wildman–Crippen LogP) is 3.22. The van der Waals surface area contributed by atoms with Gasteiger partial charge in [0.1, 0.15) is 0 Å². The summed E-state index contributed by atoms with van der Waals surface area (Å²) in [5.74, 6) is -0.970. The summed E-state index contributed by atoms with van der Waals surface area (Å²) in [5.41, 5.74) is 1.11. The third-order valence-electron chi connectivity index (χ3n) is 4.45. The molecule has 1 atom stereocenters. The van der Waals surface area contributed by atoms with Crippen LogP contribution in [0.3, 0.4) is 0 Å².